The van der Waals surface area contributed by atoms with Gasteiger partial charge in [0.1, 0.15) is 0 Å². The Morgan fingerprint density at radius 2 is 2.00 bits per heavy atom. The van der Waals surface area contributed by atoms with Gasteiger partial charge in [0.2, 0.25) is 5.91 Å². The molecule has 2 N–H and O–H groups in total. The van der Waals surface area contributed by atoms with Gasteiger partial charge >= 0.3 is 6.18 Å². The molecule has 7 heteroatoms. The van der Waals surface area contributed by atoms with E-state index in [-0.39, 0.29) is 12.6 Å². The average Bonchev–Trinajstić information content (AvgIpc) is 2.75. The van der Waals surface area contributed by atoms with Crippen LogP contribution in [0.1, 0.15) is 24.1 Å². The van der Waals surface area contributed by atoms with E-state index in [2.05, 4.69) is 10.9 Å². The molecule has 1 fully saturated rings. The molecule has 1 aromatic rings. The third-order valence-corrected chi connectivity index (χ3v) is 4.32. The maximum atomic E-state index is 13.2. The topological polar surface area (TPSA) is 44.4 Å². The Hall–Kier alpha value is -1.60. The van der Waals surface area contributed by atoms with E-state index < -0.39 is 24.0 Å². The molecule has 0 saturated carbocycles. The van der Waals surface area contributed by atoms with Gasteiger partial charge in [-0.3, -0.25) is 15.1 Å². The van der Waals surface area contributed by atoms with Crippen LogP contribution in [0.5, 0.6) is 0 Å². The number of rotatable bonds is 1. The van der Waals surface area contributed by atoms with Gasteiger partial charge in [0.15, 0.2) is 5.92 Å². The van der Waals surface area contributed by atoms with Crippen LogP contribution in [0.2, 0.25) is 0 Å². The van der Waals surface area contributed by atoms with Crippen LogP contribution in [0.15, 0.2) is 24.3 Å². The molecule has 0 aromatic heterocycles. The molecule has 2 aliphatic rings. The van der Waals surface area contributed by atoms with Crippen LogP contribution in [0, 0.1) is 5.92 Å². The fourth-order valence-corrected chi connectivity index (χ4v) is 3.29. The molecule has 2 unspecified atom stereocenters. The van der Waals surface area contributed by atoms with Crippen LogP contribution in [-0.2, 0) is 11.3 Å². The molecule has 1 saturated heterocycles. The van der Waals surface area contributed by atoms with Crippen LogP contribution in [0.25, 0.3) is 0 Å². The van der Waals surface area contributed by atoms with Crippen molar-refractivity contribution < 1.29 is 18.0 Å². The molecular formula is C14H16F3N3O. The first kappa shape index (κ1) is 14.3. The van der Waals surface area contributed by atoms with E-state index in [0.29, 0.717) is 6.54 Å². The summed E-state index contributed by atoms with van der Waals surface area (Å²) in [6.07, 6.45) is -4.55. The second kappa shape index (κ2) is 4.99. The van der Waals surface area contributed by atoms with Crippen LogP contribution in [0.3, 0.4) is 0 Å². The van der Waals surface area contributed by atoms with Crippen molar-refractivity contribution in [1.29, 1.82) is 0 Å². The molecule has 0 radical (unpaired) electrons. The Balaban J connectivity index is 1.91. The lowest BCUT2D eigenvalue weighted by molar-refractivity contribution is -0.202. The Bertz CT molecular complexity index is 561. The van der Waals surface area contributed by atoms with E-state index in [1.165, 1.54) is 0 Å². The summed E-state index contributed by atoms with van der Waals surface area (Å²) in [6.45, 7) is 2.39. The lowest BCUT2D eigenvalue weighted by Crippen LogP contribution is -2.63. The summed E-state index contributed by atoms with van der Waals surface area (Å²) in [4.78, 5) is 13.4. The number of carbonyl (C=O) groups is 1. The highest BCUT2D eigenvalue weighted by molar-refractivity contribution is 5.80. The number of halogens is 3. The van der Waals surface area contributed by atoms with Crippen molar-refractivity contribution in [2.45, 2.75) is 31.7 Å². The number of nitrogens with one attached hydrogen (secondary N) is 2. The van der Waals surface area contributed by atoms with Gasteiger partial charge in [0.25, 0.3) is 0 Å². The summed E-state index contributed by atoms with van der Waals surface area (Å²) in [5, 5.41) is 0. The minimum atomic E-state index is -4.55. The lowest BCUT2D eigenvalue weighted by atomic mass is 9.94. The highest BCUT2D eigenvalue weighted by atomic mass is 19.4. The van der Waals surface area contributed by atoms with Crippen LogP contribution < -0.4 is 10.9 Å². The molecule has 1 aromatic carbocycles. The Labute approximate surface area is 120 Å². The van der Waals surface area contributed by atoms with Gasteiger partial charge in [-0.05, 0) is 18.1 Å². The monoisotopic (exact) mass is 299 g/mol. The average molecular weight is 299 g/mol. The van der Waals surface area contributed by atoms with Gasteiger partial charge in [-0.2, -0.15) is 13.2 Å². The molecule has 1 amide bonds. The molecular weight excluding hydrogens is 283 g/mol. The van der Waals surface area contributed by atoms with E-state index in [4.69, 9.17) is 0 Å². The van der Waals surface area contributed by atoms with Crippen molar-refractivity contribution >= 4 is 5.91 Å². The van der Waals surface area contributed by atoms with Crippen molar-refractivity contribution in [3.63, 3.8) is 0 Å². The van der Waals surface area contributed by atoms with Crippen molar-refractivity contribution in [3.05, 3.63) is 35.4 Å². The first-order valence-corrected chi connectivity index (χ1v) is 6.82. The van der Waals surface area contributed by atoms with E-state index in [1.807, 2.05) is 31.2 Å². The summed E-state index contributed by atoms with van der Waals surface area (Å²) in [7, 11) is 0. The Kier molecular flexibility index (Phi) is 3.41. The maximum absolute atomic E-state index is 13.2. The number of fused-ring (bicyclic) bond motifs is 1. The van der Waals surface area contributed by atoms with Crippen LogP contribution in [-0.4, -0.2) is 29.6 Å². The third-order valence-electron chi connectivity index (χ3n) is 4.32. The number of hydrazine groups is 1. The molecule has 2 aliphatic heterocycles. The van der Waals surface area contributed by atoms with Gasteiger partial charge in [-0.15, -0.1) is 0 Å². The molecule has 0 spiro atoms. The van der Waals surface area contributed by atoms with Gasteiger partial charge in [-0.25, -0.2) is 5.43 Å². The van der Waals surface area contributed by atoms with Gasteiger partial charge < -0.3 is 0 Å². The predicted molar refractivity (Wildman–Crippen MR) is 69.9 cm³/mol. The van der Waals surface area contributed by atoms with Gasteiger partial charge in [0.05, 0.1) is 0 Å². The largest absolute Gasteiger partial charge is 0.402 e. The molecule has 3 rings (SSSR count). The summed E-state index contributed by atoms with van der Waals surface area (Å²) in [5.74, 6) is -3.02. The third kappa shape index (κ3) is 2.40. The summed E-state index contributed by atoms with van der Waals surface area (Å²) >= 11 is 0. The Morgan fingerprint density at radius 3 is 2.67 bits per heavy atom. The smallest absolute Gasteiger partial charge is 0.291 e. The molecule has 0 aliphatic carbocycles. The Morgan fingerprint density at radius 1 is 1.29 bits per heavy atom. The zero-order valence-electron chi connectivity index (χ0n) is 11.4. The molecule has 3 atom stereocenters. The number of nitrogens with zero attached hydrogens (tertiary/aromatic N) is 1. The SMILES string of the molecule is C[C@H]1c2ccccc2CN1C1CNNC(=O)C1C(F)(F)F. The van der Waals surface area contributed by atoms with Crippen molar-refractivity contribution in [2.75, 3.05) is 6.54 Å². The number of hydrogen-bond acceptors (Lipinski definition) is 3. The zero-order chi connectivity index (χ0) is 15.2. The number of alkyl halides is 3. The second-order valence-electron chi connectivity index (χ2n) is 5.50. The quantitative estimate of drug-likeness (QED) is 0.830. The van der Waals surface area contributed by atoms with E-state index >= 15 is 0 Å². The fraction of sp³-hybridized carbons (Fsp3) is 0.500. The molecule has 21 heavy (non-hydrogen) atoms. The number of amides is 1. The second-order valence-corrected chi connectivity index (χ2v) is 5.50. The minimum absolute atomic E-state index is 0.0776. The summed E-state index contributed by atoms with van der Waals surface area (Å²) < 4.78 is 39.7. The minimum Gasteiger partial charge on any atom is -0.291 e. The number of benzene rings is 1. The highest BCUT2D eigenvalue weighted by Crippen LogP contribution is 2.40. The van der Waals surface area contributed by atoms with Crippen LogP contribution >= 0.6 is 0 Å². The van der Waals surface area contributed by atoms with Crippen LogP contribution in [0.4, 0.5) is 13.2 Å². The maximum Gasteiger partial charge on any atom is 0.402 e. The highest BCUT2D eigenvalue weighted by Gasteiger charge is 2.54. The van der Waals surface area contributed by atoms with Crippen molar-refractivity contribution in [1.82, 2.24) is 15.8 Å². The molecule has 2 heterocycles. The normalized spacial score (nSPS) is 30.1. The molecule has 0 bridgehead atoms. The molecule has 4 nitrogen and oxygen atoms in total. The number of hydrogen-bond donors (Lipinski definition) is 2. The lowest BCUT2D eigenvalue weighted by Gasteiger charge is -2.40. The summed E-state index contributed by atoms with van der Waals surface area (Å²) in [5.41, 5.74) is 6.72. The standard InChI is InChI=1S/C14H16F3N3O/c1-8-10-5-3-2-4-9(10)7-20(8)11-6-18-19-13(21)12(11)14(15,16)17/h2-5,8,11-12,18H,6-7H2,1H3,(H,19,21)/t8-,11?,12?/m0/s1. The van der Waals surface area contributed by atoms with Crippen molar-refractivity contribution in [3.8, 4) is 0 Å². The van der Waals surface area contributed by atoms with E-state index in [1.54, 1.807) is 4.90 Å². The van der Waals surface area contributed by atoms with E-state index in [0.717, 1.165) is 11.1 Å². The number of carbonyl (C=O) groups excluding carboxylic acids is 1. The van der Waals surface area contributed by atoms with Gasteiger partial charge in [-0.1, -0.05) is 24.3 Å². The first-order chi connectivity index (χ1) is 9.89. The van der Waals surface area contributed by atoms with E-state index in [9.17, 15) is 18.0 Å². The van der Waals surface area contributed by atoms with Gasteiger partial charge in [0, 0.05) is 25.2 Å². The summed E-state index contributed by atoms with van der Waals surface area (Å²) in [6, 6.07) is 6.57. The zero-order valence-corrected chi connectivity index (χ0v) is 11.4. The van der Waals surface area contributed by atoms with Crippen molar-refractivity contribution in [2.24, 2.45) is 5.92 Å². The fourth-order valence-electron chi connectivity index (χ4n) is 3.29. The first-order valence-electron chi connectivity index (χ1n) is 6.82. The molecule has 114 valence electrons. The predicted octanol–water partition coefficient (Wildman–Crippen LogP) is 1.74.